The number of nitrogens with zero attached hydrogens (tertiary/aromatic N) is 4. The number of anilines is 4. The molecule has 3 rings (SSSR count). The molecule has 1 heterocycles. The Hall–Kier alpha value is -2.87. The Balaban J connectivity index is 1.91. The Morgan fingerprint density at radius 3 is 2.52 bits per heavy atom. The lowest BCUT2D eigenvalue weighted by molar-refractivity contribution is -0.137. The van der Waals surface area contributed by atoms with E-state index in [9.17, 15) is 13.2 Å². The molecule has 0 aliphatic heterocycles. The van der Waals surface area contributed by atoms with Crippen molar-refractivity contribution >= 4 is 34.7 Å². The standard InChI is InChI=1S/C18H15ClF3N5/c1-2-27(13-6-4-3-5-7-13)17-25-16(11-23-26-17)24-15-10-12(18(20,21)22)8-9-14(15)19/h3-11H,2H2,1H3,(H,24,25,26). The number of halogens is 4. The van der Waals surface area contributed by atoms with Crippen LogP contribution in [0.3, 0.4) is 0 Å². The number of nitrogens with one attached hydrogen (secondary N) is 1. The van der Waals surface area contributed by atoms with Gasteiger partial charge in [-0.25, -0.2) is 0 Å². The quantitative estimate of drug-likeness (QED) is 0.625. The zero-order valence-electron chi connectivity index (χ0n) is 14.2. The van der Waals surface area contributed by atoms with Crippen LogP contribution in [0.25, 0.3) is 0 Å². The van der Waals surface area contributed by atoms with Crippen LogP contribution in [0.1, 0.15) is 12.5 Å². The number of aromatic nitrogens is 3. The van der Waals surface area contributed by atoms with Gasteiger partial charge in [-0.2, -0.15) is 23.3 Å². The maximum Gasteiger partial charge on any atom is 0.416 e. The monoisotopic (exact) mass is 393 g/mol. The van der Waals surface area contributed by atoms with Gasteiger partial charge in [-0.1, -0.05) is 29.8 Å². The first kappa shape index (κ1) is 18.9. The topological polar surface area (TPSA) is 53.9 Å². The van der Waals surface area contributed by atoms with Gasteiger partial charge in [-0.15, -0.1) is 5.10 Å². The molecule has 0 atom stereocenters. The minimum Gasteiger partial charge on any atom is -0.338 e. The lowest BCUT2D eigenvalue weighted by Crippen LogP contribution is -2.19. The molecule has 2 aromatic carbocycles. The number of para-hydroxylation sites is 1. The number of rotatable bonds is 5. The summed E-state index contributed by atoms with van der Waals surface area (Å²) in [6, 6.07) is 12.5. The van der Waals surface area contributed by atoms with E-state index in [0.717, 1.165) is 17.8 Å². The van der Waals surface area contributed by atoms with E-state index < -0.39 is 11.7 Å². The molecule has 1 N–H and O–H groups in total. The second kappa shape index (κ2) is 7.79. The number of hydrogen-bond acceptors (Lipinski definition) is 5. The predicted molar refractivity (Wildman–Crippen MR) is 98.7 cm³/mol. The smallest absolute Gasteiger partial charge is 0.338 e. The maximum atomic E-state index is 12.9. The SMILES string of the molecule is CCN(c1ccccc1)c1nncc(Nc2cc(C(F)(F)F)ccc2Cl)n1. The summed E-state index contributed by atoms with van der Waals surface area (Å²) in [6.45, 7) is 2.51. The van der Waals surface area contributed by atoms with Crippen molar-refractivity contribution in [2.24, 2.45) is 0 Å². The number of hydrogen-bond donors (Lipinski definition) is 1. The third-order valence-electron chi connectivity index (χ3n) is 3.73. The summed E-state index contributed by atoms with van der Waals surface area (Å²) < 4.78 is 38.8. The summed E-state index contributed by atoms with van der Waals surface area (Å²) in [4.78, 5) is 6.18. The van der Waals surface area contributed by atoms with E-state index >= 15 is 0 Å². The van der Waals surface area contributed by atoms with Crippen LogP contribution in [-0.2, 0) is 6.18 Å². The molecule has 0 amide bonds. The largest absolute Gasteiger partial charge is 0.416 e. The van der Waals surface area contributed by atoms with Crippen LogP contribution < -0.4 is 10.2 Å². The van der Waals surface area contributed by atoms with Gasteiger partial charge in [0, 0.05) is 12.2 Å². The molecule has 0 fully saturated rings. The van der Waals surface area contributed by atoms with Crippen LogP contribution in [0, 0.1) is 0 Å². The molecular weight excluding hydrogens is 379 g/mol. The van der Waals surface area contributed by atoms with Crippen molar-refractivity contribution in [2.75, 3.05) is 16.8 Å². The number of alkyl halides is 3. The summed E-state index contributed by atoms with van der Waals surface area (Å²) in [6.07, 6.45) is -3.15. The van der Waals surface area contributed by atoms with Gasteiger partial charge < -0.3 is 10.2 Å². The minimum absolute atomic E-state index is 0.0840. The van der Waals surface area contributed by atoms with Crippen LogP contribution in [0.15, 0.2) is 54.7 Å². The summed E-state index contributed by atoms with van der Waals surface area (Å²) in [5, 5.41) is 10.8. The van der Waals surface area contributed by atoms with Crippen LogP contribution in [0.5, 0.6) is 0 Å². The minimum atomic E-state index is -4.47. The molecule has 5 nitrogen and oxygen atoms in total. The van der Waals surface area contributed by atoms with Crippen LogP contribution in [0.2, 0.25) is 5.02 Å². The Kier molecular flexibility index (Phi) is 5.46. The van der Waals surface area contributed by atoms with Crippen molar-refractivity contribution in [3.63, 3.8) is 0 Å². The summed E-state index contributed by atoms with van der Waals surface area (Å²) in [7, 11) is 0. The van der Waals surface area contributed by atoms with Gasteiger partial charge in [0.05, 0.1) is 22.5 Å². The van der Waals surface area contributed by atoms with E-state index in [0.29, 0.717) is 12.5 Å². The van der Waals surface area contributed by atoms with Gasteiger partial charge in [0.2, 0.25) is 0 Å². The highest BCUT2D eigenvalue weighted by Gasteiger charge is 2.31. The summed E-state index contributed by atoms with van der Waals surface area (Å²) >= 11 is 6.02. The lowest BCUT2D eigenvalue weighted by atomic mass is 10.2. The second-order valence-corrected chi connectivity index (χ2v) is 5.95. The molecule has 0 aliphatic carbocycles. The van der Waals surface area contributed by atoms with Gasteiger partial charge in [0.25, 0.3) is 5.95 Å². The average Bonchev–Trinajstić information content (AvgIpc) is 2.64. The summed E-state index contributed by atoms with van der Waals surface area (Å²) in [5.74, 6) is 0.549. The fourth-order valence-corrected chi connectivity index (χ4v) is 2.62. The van der Waals surface area contributed by atoms with E-state index in [2.05, 4.69) is 20.5 Å². The fourth-order valence-electron chi connectivity index (χ4n) is 2.45. The zero-order chi connectivity index (χ0) is 19.4. The molecule has 3 aromatic rings. The maximum absolute atomic E-state index is 12.9. The normalized spacial score (nSPS) is 11.3. The lowest BCUT2D eigenvalue weighted by Gasteiger charge is -2.20. The molecule has 9 heteroatoms. The highest BCUT2D eigenvalue weighted by Crippen LogP contribution is 2.34. The zero-order valence-corrected chi connectivity index (χ0v) is 15.0. The molecule has 140 valence electrons. The van der Waals surface area contributed by atoms with Crippen LogP contribution in [-0.4, -0.2) is 21.7 Å². The highest BCUT2D eigenvalue weighted by atomic mass is 35.5. The molecule has 0 saturated heterocycles. The molecule has 0 spiro atoms. The molecule has 0 radical (unpaired) electrons. The van der Waals surface area contributed by atoms with E-state index in [1.54, 1.807) is 0 Å². The third kappa shape index (κ3) is 4.46. The van der Waals surface area contributed by atoms with Crippen molar-refractivity contribution in [1.29, 1.82) is 0 Å². The van der Waals surface area contributed by atoms with E-state index in [4.69, 9.17) is 11.6 Å². The molecule has 0 bridgehead atoms. The van der Waals surface area contributed by atoms with E-state index in [1.807, 2.05) is 42.2 Å². The van der Waals surface area contributed by atoms with Crippen LogP contribution >= 0.6 is 11.6 Å². The Morgan fingerprint density at radius 1 is 1.11 bits per heavy atom. The van der Waals surface area contributed by atoms with Crippen molar-refractivity contribution < 1.29 is 13.2 Å². The molecule has 0 unspecified atom stereocenters. The first-order valence-corrected chi connectivity index (χ1v) is 8.42. The Morgan fingerprint density at radius 2 is 1.85 bits per heavy atom. The Bertz CT molecular complexity index is 918. The van der Waals surface area contributed by atoms with Crippen molar-refractivity contribution in [2.45, 2.75) is 13.1 Å². The first-order chi connectivity index (χ1) is 12.9. The van der Waals surface area contributed by atoms with E-state index in [-0.39, 0.29) is 16.5 Å². The number of benzene rings is 2. The average molecular weight is 394 g/mol. The molecule has 27 heavy (non-hydrogen) atoms. The molecular formula is C18H15ClF3N5. The summed E-state index contributed by atoms with van der Waals surface area (Å²) in [5.41, 5.74) is 0.146. The molecule has 1 aromatic heterocycles. The molecule has 0 saturated carbocycles. The van der Waals surface area contributed by atoms with Crippen molar-refractivity contribution in [3.05, 3.63) is 65.3 Å². The predicted octanol–water partition coefficient (Wildman–Crippen LogP) is 5.45. The fraction of sp³-hybridized carbons (Fsp3) is 0.167. The van der Waals surface area contributed by atoms with Crippen molar-refractivity contribution in [3.8, 4) is 0 Å². The third-order valence-corrected chi connectivity index (χ3v) is 4.06. The van der Waals surface area contributed by atoms with E-state index in [1.165, 1.54) is 12.3 Å². The Labute approximate surface area is 158 Å². The molecule has 0 aliphatic rings. The van der Waals surface area contributed by atoms with Gasteiger partial charge in [-0.3, -0.25) is 0 Å². The first-order valence-electron chi connectivity index (χ1n) is 8.04. The van der Waals surface area contributed by atoms with Gasteiger partial charge in [-0.05, 0) is 37.3 Å². The van der Waals surface area contributed by atoms with Crippen LogP contribution in [0.4, 0.5) is 36.3 Å². The van der Waals surface area contributed by atoms with Crippen molar-refractivity contribution in [1.82, 2.24) is 15.2 Å². The van der Waals surface area contributed by atoms with Gasteiger partial charge in [0.1, 0.15) is 0 Å². The second-order valence-electron chi connectivity index (χ2n) is 5.54. The van der Waals surface area contributed by atoms with Gasteiger partial charge in [0.15, 0.2) is 5.82 Å². The van der Waals surface area contributed by atoms with Gasteiger partial charge >= 0.3 is 6.18 Å². The highest BCUT2D eigenvalue weighted by molar-refractivity contribution is 6.33.